The third-order valence-corrected chi connectivity index (χ3v) is 7.08. The smallest absolute Gasteiger partial charge is 0.241 e. The molecule has 0 fully saturated rings. The van der Waals surface area contributed by atoms with Crippen LogP contribution in [0.15, 0.2) is 70.4 Å². The van der Waals surface area contributed by atoms with Crippen LogP contribution in [0.5, 0.6) is 23.0 Å². The van der Waals surface area contributed by atoms with Crippen molar-refractivity contribution in [1.29, 1.82) is 0 Å². The molecule has 1 unspecified atom stereocenters. The van der Waals surface area contributed by atoms with Crippen molar-refractivity contribution >= 4 is 28.9 Å². The van der Waals surface area contributed by atoms with Crippen molar-refractivity contribution in [3.8, 4) is 23.0 Å². The van der Waals surface area contributed by atoms with Crippen LogP contribution in [0.25, 0.3) is 17.3 Å². The zero-order valence-electron chi connectivity index (χ0n) is 23.0. The largest absolute Gasteiger partial charge is 0.495 e. The molecule has 9 nitrogen and oxygen atoms in total. The lowest BCUT2D eigenvalue weighted by Gasteiger charge is -2.17. The molecule has 0 aromatic heterocycles. The van der Waals surface area contributed by atoms with E-state index >= 15 is 0 Å². The molecule has 5 rings (SSSR count). The predicted molar refractivity (Wildman–Crippen MR) is 155 cm³/mol. The number of rotatable bonds is 10. The fourth-order valence-corrected chi connectivity index (χ4v) is 5.07. The summed E-state index contributed by atoms with van der Waals surface area (Å²) < 4.78 is 22.0. The Kier molecular flexibility index (Phi) is 7.84. The number of carbonyl (C=O) groups is 1. The predicted octanol–water partition coefficient (Wildman–Crippen LogP) is 5.35. The van der Waals surface area contributed by atoms with Gasteiger partial charge in [-0.2, -0.15) is 10.2 Å². The zero-order valence-corrected chi connectivity index (χ0v) is 23.0. The molecule has 9 heteroatoms. The number of nitrogens with zero attached hydrogens (tertiary/aromatic N) is 2. The van der Waals surface area contributed by atoms with Crippen molar-refractivity contribution < 1.29 is 23.7 Å². The Morgan fingerprint density at radius 2 is 1.65 bits per heavy atom. The first kappa shape index (κ1) is 27.0. The van der Waals surface area contributed by atoms with Gasteiger partial charge in [0.25, 0.3) is 0 Å². The van der Waals surface area contributed by atoms with Gasteiger partial charge in [-0.1, -0.05) is 42.0 Å². The van der Waals surface area contributed by atoms with Crippen LogP contribution < -0.4 is 30.0 Å². The van der Waals surface area contributed by atoms with Crippen LogP contribution in [-0.4, -0.2) is 46.9 Å². The second-order valence-corrected chi connectivity index (χ2v) is 9.53. The second kappa shape index (κ2) is 11.6. The number of anilines is 1. The first-order valence-electron chi connectivity index (χ1n) is 12.9. The first-order chi connectivity index (χ1) is 19.4. The summed E-state index contributed by atoms with van der Waals surface area (Å²) in [6.45, 7) is 0.375. The zero-order chi connectivity index (χ0) is 28.2. The number of fused-ring (bicyclic) bond motifs is 1. The highest BCUT2D eigenvalue weighted by Gasteiger charge is 2.24. The van der Waals surface area contributed by atoms with Crippen LogP contribution in [0.3, 0.4) is 0 Å². The summed E-state index contributed by atoms with van der Waals surface area (Å²) in [4.78, 5) is 13.2. The van der Waals surface area contributed by atoms with E-state index < -0.39 is 6.04 Å². The lowest BCUT2D eigenvalue weighted by molar-refractivity contribution is -0.117. The minimum atomic E-state index is -0.709. The maximum absolute atomic E-state index is 13.2. The van der Waals surface area contributed by atoms with E-state index in [9.17, 15) is 4.79 Å². The lowest BCUT2D eigenvalue weighted by Crippen LogP contribution is -2.36. The van der Waals surface area contributed by atoms with Gasteiger partial charge in [-0.3, -0.25) is 4.79 Å². The van der Waals surface area contributed by atoms with Gasteiger partial charge >= 0.3 is 0 Å². The molecule has 3 aromatic rings. The summed E-state index contributed by atoms with van der Waals surface area (Å²) in [5.74, 6) is 1.77. The van der Waals surface area contributed by atoms with Crippen molar-refractivity contribution in [1.82, 2.24) is 0 Å². The molecule has 2 aliphatic rings. The second-order valence-electron chi connectivity index (χ2n) is 9.53. The average Bonchev–Trinajstić information content (AvgIpc) is 3.63. The van der Waals surface area contributed by atoms with Gasteiger partial charge in [-0.15, -0.1) is 0 Å². The molecular formula is C31H32N4O5. The van der Waals surface area contributed by atoms with E-state index in [0.29, 0.717) is 47.3 Å². The highest BCUT2D eigenvalue weighted by atomic mass is 16.5. The molecule has 0 saturated carbocycles. The number of nitrogens with one attached hydrogen (secondary N) is 1. The maximum Gasteiger partial charge on any atom is 0.241 e. The molecule has 0 saturated heterocycles. The number of ether oxygens (including phenoxy) is 4. The van der Waals surface area contributed by atoms with Gasteiger partial charge in [0.1, 0.15) is 5.75 Å². The van der Waals surface area contributed by atoms with E-state index in [4.69, 9.17) is 24.7 Å². The van der Waals surface area contributed by atoms with E-state index in [-0.39, 0.29) is 5.91 Å². The number of hydrogen-bond donors (Lipinski definition) is 2. The fourth-order valence-electron chi connectivity index (χ4n) is 5.07. The average molecular weight is 541 g/mol. The van der Waals surface area contributed by atoms with Gasteiger partial charge in [-0.25, -0.2) is 0 Å². The van der Waals surface area contributed by atoms with Gasteiger partial charge in [0.15, 0.2) is 11.5 Å². The lowest BCUT2D eigenvalue weighted by atomic mass is 9.99. The summed E-state index contributed by atoms with van der Waals surface area (Å²) in [6, 6.07) is 16.8. The van der Waals surface area contributed by atoms with Gasteiger partial charge in [0.05, 0.1) is 52.4 Å². The number of benzene rings is 3. The normalized spacial score (nSPS) is 14.5. The Morgan fingerprint density at radius 1 is 0.925 bits per heavy atom. The van der Waals surface area contributed by atoms with E-state index in [1.165, 1.54) is 11.1 Å². The Labute approximate surface area is 233 Å². The summed E-state index contributed by atoms with van der Waals surface area (Å²) in [5, 5.41) is 11.7. The van der Waals surface area contributed by atoms with E-state index in [1.54, 1.807) is 28.4 Å². The van der Waals surface area contributed by atoms with Crippen LogP contribution in [0, 0.1) is 0 Å². The first-order valence-corrected chi connectivity index (χ1v) is 12.9. The topological polar surface area (TPSA) is 117 Å². The van der Waals surface area contributed by atoms with Crippen LogP contribution in [-0.2, 0) is 11.2 Å². The highest BCUT2D eigenvalue weighted by molar-refractivity contribution is 5.98. The van der Waals surface area contributed by atoms with E-state index in [1.807, 2.05) is 42.5 Å². The standard InChI is InChI=1S/C31H32N4O5/c1-37-26-10-9-21(23-17-33-35-29(23)22-15-27(38-2)30(40-4)28(16-22)39-3)14-25(26)34-31(36)24(32)13-18-11-19-7-5-6-8-20(19)12-18/h5-11,14-16,24H,12-13,17,32H2,1-4H3,(H,34,36). The van der Waals surface area contributed by atoms with Crippen molar-refractivity contribution in [3.63, 3.8) is 0 Å². The van der Waals surface area contributed by atoms with Crippen LogP contribution >= 0.6 is 0 Å². The Hall–Kier alpha value is -4.63. The summed E-state index contributed by atoms with van der Waals surface area (Å²) in [5.41, 5.74) is 13.6. The van der Waals surface area contributed by atoms with Gasteiger partial charge in [0.2, 0.25) is 11.7 Å². The molecule has 3 aromatic carbocycles. The summed E-state index contributed by atoms with van der Waals surface area (Å²) >= 11 is 0. The number of azo groups is 1. The third-order valence-electron chi connectivity index (χ3n) is 7.08. The van der Waals surface area contributed by atoms with Crippen molar-refractivity contribution in [2.75, 3.05) is 40.3 Å². The minimum absolute atomic E-state index is 0.285. The molecule has 40 heavy (non-hydrogen) atoms. The van der Waals surface area contributed by atoms with Crippen molar-refractivity contribution in [2.24, 2.45) is 16.0 Å². The Morgan fingerprint density at radius 3 is 2.33 bits per heavy atom. The molecule has 1 aliphatic heterocycles. The monoisotopic (exact) mass is 540 g/mol. The summed E-state index contributed by atoms with van der Waals surface area (Å²) in [6.07, 6.45) is 3.39. The van der Waals surface area contributed by atoms with Crippen LogP contribution in [0.1, 0.15) is 28.7 Å². The third kappa shape index (κ3) is 5.28. The highest BCUT2D eigenvalue weighted by Crippen LogP contribution is 2.43. The van der Waals surface area contributed by atoms with Gasteiger partial charge in [0, 0.05) is 11.1 Å². The number of nitrogens with two attached hydrogens (primary N) is 1. The Balaban J connectivity index is 1.40. The van der Waals surface area contributed by atoms with Crippen LogP contribution in [0.4, 0.5) is 5.69 Å². The minimum Gasteiger partial charge on any atom is -0.495 e. The summed E-state index contributed by atoms with van der Waals surface area (Å²) in [7, 11) is 6.25. The quantitative estimate of drug-likeness (QED) is 0.358. The number of carbonyl (C=O) groups excluding carboxylic acids is 1. The molecule has 3 N–H and O–H groups in total. The number of hydrogen-bond acceptors (Lipinski definition) is 8. The number of amides is 1. The van der Waals surface area contributed by atoms with Gasteiger partial charge in [-0.05, 0) is 53.8 Å². The maximum atomic E-state index is 13.2. The van der Waals surface area contributed by atoms with Crippen LogP contribution in [0.2, 0.25) is 0 Å². The molecule has 0 bridgehead atoms. The molecule has 206 valence electrons. The molecule has 1 heterocycles. The number of methoxy groups -OCH3 is 4. The molecule has 0 radical (unpaired) electrons. The van der Waals surface area contributed by atoms with E-state index in [0.717, 1.165) is 28.7 Å². The molecule has 1 aliphatic carbocycles. The molecule has 1 atom stereocenters. The molecular weight excluding hydrogens is 508 g/mol. The molecule has 0 spiro atoms. The van der Waals surface area contributed by atoms with Gasteiger partial charge < -0.3 is 30.0 Å². The Bertz CT molecular complexity index is 1520. The fraction of sp³-hybridized carbons (Fsp3) is 0.258. The molecule has 1 amide bonds. The van der Waals surface area contributed by atoms with Crippen molar-refractivity contribution in [2.45, 2.75) is 18.9 Å². The SMILES string of the molecule is COc1ccc(C2=C(c3cc(OC)c(OC)c(OC)c3)N=NC2)cc1NC(=O)C(N)CC1=Cc2ccccc2C1. The van der Waals surface area contributed by atoms with E-state index in [2.05, 4.69) is 33.8 Å². The van der Waals surface area contributed by atoms with Crippen molar-refractivity contribution in [3.05, 3.63) is 82.4 Å².